The van der Waals surface area contributed by atoms with Crippen LogP contribution < -0.4 is 0 Å². The van der Waals surface area contributed by atoms with Crippen LogP contribution in [-0.4, -0.2) is 37.1 Å². The Morgan fingerprint density at radius 1 is 1.50 bits per heavy atom. The van der Waals surface area contributed by atoms with E-state index in [9.17, 15) is 9.90 Å². The Kier molecular flexibility index (Phi) is 2.67. The molecule has 2 atom stereocenters. The topological polar surface area (TPSA) is 88.2 Å². The molecule has 6 heteroatoms. The zero-order valence-corrected chi connectivity index (χ0v) is 9.29. The van der Waals surface area contributed by atoms with Crippen molar-refractivity contribution in [2.24, 2.45) is 0 Å². The van der Waals surface area contributed by atoms with E-state index in [-0.39, 0.29) is 0 Å². The second kappa shape index (κ2) is 3.86. The fraction of sp³-hybridized carbons (Fsp3) is 0.700. The number of aliphatic carboxylic acids is 1. The summed E-state index contributed by atoms with van der Waals surface area (Å²) in [7, 11) is 0. The molecule has 1 aromatic heterocycles. The molecule has 1 aromatic rings. The highest BCUT2D eigenvalue weighted by molar-refractivity contribution is 5.72. The number of hydrogen-bond acceptors (Lipinski definition) is 4. The summed E-state index contributed by atoms with van der Waals surface area (Å²) in [5, 5.41) is 26.6. The highest BCUT2D eigenvalue weighted by Crippen LogP contribution is 2.40. The summed E-state index contributed by atoms with van der Waals surface area (Å²) in [4.78, 5) is 11.2. The van der Waals surface area contributed by atoms with Crippen molar-refractivity contribution >= 4 is 5.97 Å². The quantitative estimate of drug-likeness (QED) is 0.777. The standard InChI is InChI=1S/C10H15N3O3/c1-5(14)8(10(15)16)13-6(2)11-12-9(13)7-3-4-7/h5,7-8,14H,3-4H2,1-2H3,(H,15,16). The zero-order chi connectivity index (χ0) is 11.9. The van der Waals surface area contributed by atoms with Gasteiger partial charge in [0.05, 0.1) is 6.10 Å². The molecule has 2 rings (SSSR count). The number of aliphatic hydroxyl groups excluding tert-OH is 1. The number of nitrogens with zero attached hydrogens (tertiary/aromatic N) is 3. The van der Waals surface area contributed by atoms with Crippen LogP contribution in [0.5, 0.6) is 0 Å². The first kappa shape index (κ1) is 11.1. The minimum Gasteiger partial charge on any atom is -0.480 e. The molecule has 1 fully saturated rings. The van der Waals surface area contributed by atoms with Gasteiger partial charge in [0.15, 0.2) is 6.04 Å². The van der Waals surface area contributed by atoms with E-state index in [4.69, 9.17) is 5.11 Å². The molecule has 2 unspecified atom stereocenters. The fourth-order valence-corrected chi connectivity index (χ4v) is 1.88. The van der Waals surface area contributed by atoms with Gasteiger partial charge in [0.1, 0.15) is 11.6 Å². The molecule has 0 radical (unpaired) electrons. The Morgan fingerprint density at radius 2 is 2.12 bits per heavy atom. The molecule has 16 heavy (non-hydrogen) atoms. The number of carboxylic acid groups (broad SMARTS) is 1. The van der Waals surface area contributed by atoms with Crippen LogP contribution in [0, 0.1) is 6.92 Å². The highest BCUT2D eigenvalue weighted by atomic mass is 16.4. The molecule has 0 saturated heterocycles. The van der Waals surface area contributed by atoms with Crippen molar-refractivity contribution in [1.82, 2.24) is 14.8 Å². The first-order chi connectivity index (χ1) is 7.52. The number of aryl methyl sites for hydroxylation is 1. The Morgan fingerprint density at radius 3 is 2.56 bits per heavy atom. The van der Waals surface area contributed by atoms with Crippen LogP contribution in [-0.2, 0) is 4.79 Å². The Labute approximate surface area is 92.9 Å². The lowest BCUT2D eigenvalue weighted by molar-refractivity contribution is -0.144. The summed E-state index contributed by atoms with van der Waals surface area (Å²) >= 11 is 0. The van der Waals surface area contributed by atoms with E-state index < -0.39 is 18.1 Å². The highest BCUT2D eigenvalue weighted by Gasteiger charge is 2.35. The van der Waals surface area contributed by atoms with Crippen LogP contribution in [0.25, 0.3) is 0 Å². The van der Waals surface area contributed by atoms with Gasteiger partial charge in [0, 0.05) is 5.92 Å². The lowest BCUT2D eigenvalue weighted by Gasteiger charge is -2.19. The summed E-state index contributed by atoms with van der Waals surface area (Å²) < 4.78 is 1.55. The van der Waals surface area contributed by atoms with Crippen LogP contribution in [0.4, 0.5) is 0 Å². The number of rotatable bonds is 4. The molecule has 1 aliphatic rings. The van der Waals surface area contributed by atoms with E-state index in [2.05, 4.69) is 10.2 Å². The molecule has 0 spiro atoms. The second-order valence-electron chi connectivity index (χ2n) is 4.27. The van der Waals surface area contributed by atoms with Gasteiger partial charge in [-0.3, -0.25) is 4.57 Å². The third-order valence-corrected chi connectivity index (χ3v) is 2.82. The maximum absolute atomic E-state index is 11.2. The van der Waals surface area contributed by atoms with Gasteiger partial charge in [-0.1, -0.05) is 0 Å². The predicted molar refractivity (Wildman–Crippen MR) is 55.1 cm³/mol. The molecule has 1 saturated carbocycles. The summed E-state index contributed by atoms with van der Waals surface area (Å²) in [5.41, 5.74) is 0. The molecule has 2 N–H and O–H groups in total. The van der Waals surface area contributed by atoms with E-state index in [1.165, 1.54) is 6.92 Å². The van der Waals surface area contributed by atoms with Crippen LogP contribution >= 0.6 is 0 Å². The van der Waals surface area contributed by atoms with Gasteiger partial charge < -0.3 is 10.2 Å². The smallest absolute Gasteiger partial charge is 0.329 e. The Balaban J connectivity index is 2.42. The molecule has 6 nitrogen and oxygen atoms in total. The van der Waals surface area contributed by atoms with Gasteiger partial charge in [-0.05, 0) is 26.7 Å². The summed E-state index contributed by atoms with van der Waals surface area (Å²) in [6, 6.07) is -0.995. The van der Waals surface area contributed by atoms with E-state index in [0.29, 0.717) is 17.6 Å². The van der Waals surface area contributed by atoms with Gasteiger partial charge in [-0.2, -0.15) is 0 Å². The van der Waals surface area contributed by atoms with Gasteiger partial charge >= 0.3 is 5.97 Å². The van der Waals surface area contributed by atoms with Crippen LogP contribution in [0.1, 0.15) is 43.4 Å². The van der Waals surface area contributed by atoms with E-state index in [1.807, 2.05) is 0 Å². The average Bonchev–Trinajstić information content (AvgIpc) is 2.94. The summed E-state index contributed by atoms with van der Waals surface area (Å²) in [5.74, 6) is 0.475. The van der Waals surface area contributed by atoms with Crippen molar-refractivity contribution in [3.05, 3.63) is 11.6 Å². The van der Waals surface area contributed by atoms with E-state index >= 15 is 0 Å². The van der Waals surface area contributed by atoms with Gasteiger partial charge in [0.2, 0.25) is 0 Å². The normalized spacial score (nSPS) is 19.4. The number of carboxylic acids is 1. The lowest BCUT2D eigenvalue weighted by atomic mass is 10.1. The van der Waals surface area contributed by atoms with Gasteiger partial charge in [-0.25, -0.2) is 4.79 Å². The molecule has 0 bridgehead atoms. The number of hydrogen-bond donors (Lipinski definition) is 2. The van der Waals surface area contributed by atoms with Gasteiger partial charge in [-0.15, -0.1) is 10.2 Å². The summed E-state index contributed by atoms with van der Waals surface area (Å²) in [6.07, 6.45) is 1.07. The minimum atomic E-state index is -1.06. The zero-order valence-electron chi connectivity index (χ0n) is 9.29. The van der Waals surface area contributed by atoms with Crippen LogP contribution in [0.2, 0.25) is 0 Å². The lowest BCUT2D eigenvalue weighted by Crippen LogP contribution is -2.31. The molecule has 88 valence electrons. The fourth-order valence-electron chi connectivity index (χ4n) is 1.88. The monoisotopic (exact) mass is 225 g/mol. The third-order valence-electron chi connectivity index (χ3n) is 2.82. The first-order valence-corrected chi connectivity index (χ1v) is 5.34. The van der Waals surface area contributed by atoms with Crippen LogP contribution in [0.15, 0.2) is 0 Å². The maximum atomic E-state index is 11.2. The SMILES string of the molecule is Cc1nnc(C2CC2)n1C(C(=O)O)C(C)O. The molecule has 0 aliphatic heterocycles. The predicted octanol–water partition coefficient (Wildman–Crippen LogP) is 0.470. The molecule has 1 aliphatic carbocycles. The number of aromatic nitrogens is 3. The van der Waals surface area contributed by atoms with Crippen molar-refractivity contribution in [1.29, 1.82) is 0 Å². The largest absolute Gasteiger partial charge is 0.480 e. The van der Waals surface area contributed by atoms with Crippen molar-refractivity contribution in [2.45, 2.75) is 44.8 Å². The van der Waals surface area contributed by atoms with Crippen molar-refractivity contribution in [2.75, 3.05) is 0 Å². The molecule has 0 amide bonds. The Hall–Kier alpha value is -1.43. The maximum Gasteiger partial charge on any atom is 0.329 e. The van der Waals surface area contributed by atoms with Crippen molar-refractivity contribution in [3.63, 3.8) is 0 Å². The molecular formula is C10H15N3O3. The average molecular weight is 225 g/mol. The number of aliphatic hydroxyl groups is 1. The van der Waals surface area contributed by atoms with Crippen molar-refractivity contribution in [3.8, 4) is 0 Å². The second-order valence-corrected chi connectivity index (χ2v) is 4.27. The van der Waals surface area contributed by atoms with E-state index in [1.54, 1.807) is 11.5 Å². The molecule has 1 heterocycles. The minimum absolute atomic E-state index is 0.307. The Bertz CT molecular complexity index is 409. The molecule has 0 aromatic carbocycles. The third kappa shape index (κ3) is 1.80. The van der Waals surface area contributed by atoms with Crippen molar-refractivity contribution < 1.29 is 15.0 Å². The van der Waals surface area contributed by atoms with Crippen LogP contribution in [0.3, 0.4) is 0 Å². The number of carbonyl (C=O) groups is 1. The first-order valence-electron chi connectivity index (χ1n) is 5.34. The van der Waals surface area contributed by atoms with Gasteiger partial charge in [0.25, 0.3) is 0 Å². The van der Waals surface area contributed by atoms with E-state index in [0.717, 1.165) is 12.8 Å². The molecular weight excluding hydrogens is 210 g/mol. The summed E-state index contributed by atoms with van der Waals surface area (Å²) in [6.45, 7) is 3.17.